The van der Waals surface area contributed by atoms with Crippen LogP contribution in [0.1, 0.15) is 57.8 Å². The van der Waals surface area contributed by atoms with Gasteiger partial charge in [-0.15, -0.1) is 0 Å². The smallest absolute Gasteiger partial charge is 0.0508 e. The molecular formula is C13H27Si. The molecule has 0 amide bonds. The molecular weight excluding hydrogens is 184 g/mol. The fourth-order valence-corrected chi connectivity index (χ4v) is 4.29. The fraction of sp³-hybridized carbons (Fsp3) is 0.923. The summed E-state index contributed by atoms with van der Waals surface area (Å²) >= 11 is 0. The summed E-state index contributed by atoms with van der Waals surface area (Å²) in [7, 11) is -0.933. The average molecular weight is 211 g/mol. The lowest BCUT2D eigenvalue weighted by Gasteiger charge is -2.29. The van der Waals surface area contributed by atoms with E-state index < -0.39 is 8.07 Å². The molecule has 1 aliphatic rings. The van der Waals surface area contributed by atoms with Crippen molar-refractivity contribution in [2.45, 2.75) is 77.4 Å². The van der Waals surface area contributed by atoms with Gasteiger partial charge in [-0.1, -0.05) is 64.6 Å². The van der Waals surface area contributed by atoms with E-state index in [0.717, 1.165) is 0 Å². The normalized spacial score (nSPS) is 23.4. The Morgan fingerprint density at radius 2 is 1.00 bits per heavy atom. The maximum Gasteiger partial charge on any atom is 0.0508 e. The summed E-state index contributed by atoms with van der Waals surface area (Å²) in [5, 5.41) is 0. The molecule has 0 saturated heterocycles. The zero-order valence-corrected chi connectivity index (χ0v) is 11.4. The molecule has 0 heterocycles. The quantitative estimate of drug-likeness (QED) is 0.538. The molecule has 1 rings (SSSR count). The van der Waals surface area contributed by atoms with Gasteiger partial charge in [0.15, 0.2) is 0 Å². The zero-order chi connectivity index (χ0) is 10.4. The summed E-state index contributed by atoms with van der Waals surface area (Å²) in [6.07, 6.45) is 13.3. The highest BCUT2D eigenvalue weighted by molar-refractivity contribution is 6.81. The van der Waals surface area contributed by atoms with Gasteiger partial charge in [0.1, 0.15) is 0 Å². The van der Waals surface area contributed by atoms with Crippen LogP contribution >= 0.6 is 0 Å². The molecule has 83 valence electrons. The Balaban J connectivity index is 2.38. The zero-order valence-electron chi connectivity index (χ0n) is 10.4. The summed E-state index contributed by atoms with van der Waals surface area (Å²) in [6, 6.07) is 0. The van der Waals surface area contributed by atoms with E-state index in [1.807, 2.05) is 5.54 Å². The van der Waals surface area contributed by atoms with Crippen LogP contribution in [0.5, 0.6) is 0 Å². The van der Waals surface area contributed by atoms with E-state index in [9.17, 15) is 0 Å². The minimum absolute atomic E-state index is 0.933. The van der Waals surface area contributed by atoms with Crippen LogP contribution in [-0.4, -0.2) is 8.07 Å². The van der Waals surface area contributed by atoms with Crippen molar-refractivity contribution in [1.82, 2.24) is 0 Å². The first-order chi connectivity index (χ1) is 6.61. The number of hydrogen-bond donors (Lipinski definition) is 0. The fourth-order valence-electron chi connectivity index (χ4n) is 2.44. The van der Waals surface area contributed by atoms with Gasteiger partial charge in [-0.2, -0.15) is 0 Å². The Morgan fingerprint density at radius 1 is 0.643 bits per heavy atom. The van der Waals surface area contributed by atoms with Crippen molar-refractivity contribution in [1.29, 1.82) is 0 Å². The highest BCUT2D eigenvalue weighted by Crippen LogP contribution is 2.30. The first-order valence-corrected chi connectivity index (χ1v) is 9.96. The second-order valence-electron chi connectivity index (χ2n) is 5.83. The molecule has 0 nitrogen and oxygen atoms in total. The van der Waals surface area contributed by atoms with Crippen molar-refractivity contribution in [3.05, 3.63) is 5.54 Å². The van der Waals surface area contributed by atoms with Gasteiger partial charge in [0, 0.05) is 0 Å². The summed E-state index contributed by atoms with van der Waals surface area (Å²) < 4.78 is 0. The average Bonchev–Trinajstić information content (AvgIpc) is 2.12. The van der Waals surface area contributed by atoms with E-state index in [0.29, 0.717) is 0 Å². The molecule has 1 aliphatic carbocycles. The Morgan fingerprint density at radius 3 is 1.36 bits per heavy atom. The molecule has 0 aromatic heterocycles. The molecule has 14 heavy (non-hydrogen) atoms. The highest BCUT2D eigenvalue weighted by Gasteiger charge is 2.26. The summed E-state index contributed by atoms with van der Waals surface area (Å²) in [6.45, 7) is 7.57. The second kappa shape index (κ2) is 5.94. The van der Waals surface area contributed by atoms with Crippen LogP contribution in [0.15, 0.2) is 0 Å². The van der Waals surface area contributed by atoms with Gasteiger partial charge in [0.25, 0.3) is 0 Å². The minimum atomic E-state index is -0.933. The molecule has 1 radical (unpaired) electrons. The third-order valence-electron chi connectivity index (χ3n) is 3.52. The van der Waals surface area contributed by atoms with Crippen LogP contribution in [-0.2, 0) is 0 Å². The molecule has 0 aliphatic heterocycles. The van der Waals surface area contributed by atoms with E-state index >= 15 is 0 Å². The number of hydrogen-bond acceptors (Lipinski definition) is 0. The molecule has 0 atom stereocenters. The Kier molecular flexibility index (Phi) is 5.22. The van der Waals surface area contributed by atoms with Gasteiger partial charge in [0.05, 0.1) is 8.07 Å². The van der Waals surface area contributed by atoms with Gasteiger partial charge in [-0.25, -0.2) is 0 Å². The number of rotatable bonds is 1. The minimum Gasteiger partial charge on any atom is -0.0691 e. The molecule has 0 unspecified atom stereocenters. The summed E-state index contributed by atoms with van der Waals surface area (Å²) in [5.41, 5.74) is 1.96. The van der Waals surface area contributed by atoms with Crippen LogP contribution in [0.4, 0.5) is 0 Å². The standard InChI is InChI=1S/C13H27Si/c1-14(2,3)13-11-9-7-5-4-6-8-10-12-13/h4-12H2,1-3H3. The van der Waals surface area contributed by atoms with E-state index in [1.165, 1.54) is 57.8 Å². The molecule has 0 aromatic carbocycles. The first-order valence-electron chi connectivity index (χ1n) is 6.46. The Labute approximate surface area is 91.5 Å². The van der Waals surface area contributed by atoms with Crippen molar-refractivity contribution in [3.63, 3.8) is 0 Å². The molecule has 0 spiro atoms. The second-order valence-corrected chi connectivity index (χ2v) is 11.0. The SMILES string of the molecule is C[Si](C)(C)[C]1CCCCCCCCC1. The van der Waals surface area contributed by atoms with E-state index in [4.69, 9.17) is 0 Å². The molecule has 1 saturated carbocycles. The van der Waals surface area contributed by atoms with Crippen molar-refractivity contribution < 1.29 is 0 Å². The van der Waals surface area contributed by atoms with E-state index in [2.05, 4.69) is 19.6 Å². The van der Waals surface area contributed by atoms with Crippen molar-refractivity contribution in [3.8, 4) is 0 Å². The molecule has 1 fully saturated rings. The van der Waals surface area contributed by atoms with Gasteiger partial charge in [-0.05, 0) is 18.4 Å². The maximum absolute atomic E-state index is 2.52. The van der Waals surface area contributed by atoms with Crippen LogP contribution in [0.25, 0.3) is 0 Å². The predicted octanol–water partition coefficient (Wildman–Crippen LogP) is 4.96. The van der Waals surface area contributed by atoms with E-state index in [-0.39, 0.29) is 0 Å². The molecule has 0 bridgehead atoms. The van der Waals surface area contributed by atoms with Crippen LogP contribution in [0.2, 0.25) is 19.6 Å². The lowest BCUT2D eigenvalue weighted by Crippen LogP contribution is -2.31. The molecule has 0 aromatic rings. The summed E-state index contributed by atoms with van der Waals surface area (Å²) in [4.78, 5) is 0. The van der Waals surface area contributed by atoms with Crippen molar-refractivity contribution >= 4 is 8.07 Å². The van der Waals surface area contributed by atoms with Crippen molar-refractivity contribution in [2.24, 2.45) is 0 Å². The molecule has 0 N–H and O–H groups in total. The van der Waals surface area contributed by atoms with Gasteiger partial charge < -0.3 is 0 Å². The van der Waals surface area contributed by atoms with Crippen LogP contribution in [0, 0.1) is 5.54 Å². The van der Waals surface area contributed by atoms with Gasteiger partial charge in [-0.3, -0.25) is 0 Å². The molecule has 1 heteroatoms. The van der Waals surface area contributed by atoms with Gasteiger partial charge in [0.2, 0.25) is 0 Å². The predicted molar refractivity (Wildman–Crippen MR) is 68.1 cm³/mol. The summed E-state index contributed by atoms with van der Waals surface area (Å²) in [5.74, 6) is 0. The third kappa shape index (κ3) is 4.63. The topological polar surface area (TPSA) is 0 Å². The third-order valence-corrected chi connectivity index (χ3v) is 6.14. The maximum atomic E-state index is 2.52. The highest BCUT2D eigenvalue weighted by atomic mass is 28.3. The first kappa shape index (κ1) is 12.3. The van der Waals surface area contributed by atoms with Crippen molar-refractivity contribution in [2.75, 3.05) is 0 Å². The largest absolute Gasteiger partial charge is 0.0691 e. The van der Waals surface area contributed by atoms with E-state index in [1.54, 1.807) is 0 Å². The van der Waals surface area contributed by atoms with Gasteiger partial charge >= 0.3 is 0 Å². The lowest BCUT2D eigenvalue weighted by molar-refractivity contribution is 0.538. The van der Waals surface area contributed by atoms with Crippen LogP contribution in [0.3, 0.4) is 0 Å². The Hall–Kier alpha value is 0.217. The lowest BCUT2D eigenvalue weighted by atomic mass is 10.0. The van der Waals surface area contributed by atoms with Crippen LogP contribution < -0.4 is 0 Å². The Bertz CT molecular complexity index is 136. The monoisotopic (exact) mass is 211 g/mol.